The van der Waals surface area contributed by atoms with Crippen molar-refractivity contribution in [2.75, 3.05) is 32.0 Å². The van der Waals surface area contributed by atoms with Crippen molar-refractivity contribution in [1.29, 1.82) is 5.26 Å². The molecule has 0 aromatic heterocycles. The molecular formula is C28H45N3O. The van der Waals surface area contributed by atoms with Crippen LogP contribution in [0.25, 0.3) is 0 Å². The summed E-state index contributed by atoms with van der Waals surface area (Å²) in [5.74, 6) is 0.596. The quantitative estimate of drug-likeness (QED) is 0.270. The molecule has 0 unspecified atom stereocenters. The molecule has 0 spiro atoms. The molecule has 0 heterocycles. The van der Waals surface area contributed by atoms with Crippen LogP contribution in [0.4, 0.5) is 5.69 Å². The van der Waals surface area contributed by atoms with Crippen molar-refractivity contribution >= 4 is 5.69 Å². The van der Waals surface area contributed by atoms with Gasteiger partial charge in [-0.25, -0.2) is 0 Å². The summed E-state index contributed by atoms with van der Waals surface area (Å²) in [5, 5.41) is 11.4. The Balaban J connectivity index is 0. The van der Waals surface area contributed by atoms with Gasteiger partial charge in [-0.05, 0) is 61.7 Å². The van der Waals surface area contributed by atoms with Gasteiger partial charge in [0.2, 0.25) is 0 Å². The molecule has 1 N–H and O–H groups in total. The molecule has 0 radical (unpaired) electrons. The van der Waals surface area contributed by atoms with Crippen LogP contribution < -0.4 is 10.1 Å². The van der Waals surface area contributed by atoms with E-state index in [0.29, 0.717) is 5.75 Å². The minimum atomic E-state index is 0.596. The Morgan fingerprint density at radius 3 is 2.19 bits per heavy atom. The summed E-state index contributed by atoms with van der Waals surface area (Å²) in [5.41, 5.74) is 3.39. The Kier molecular flexibility index (Phi) is 22.5. The van der Waals surface area contributed by atoms with Crippen molar-refractivity contribution in [1.82, 2.24) is 4.90 Å². The highest BCUT2D eigenvalue weighted by atomic mass is 16.5. The number of anilines is 1. The number of hydrogen-bond donors (Lipinski definition) is 1. The van der Waals surface area contributed by atoms with Gasteiger partial charge in [-0.3, -0.25) is 4.90 Å². The van der Waals surface area contributed by atoms with Crippen LogP contribution in [0.3, 0.4) is 0 Å². The summed E-state index contributed by atoms with van der Waals surface area (Å²) >= 11 is 0. The molecule has 0 saturated carbocycles. The summed E-state index contributed by atoms with van der Waals surface area (Å²) in [4.78, 5) is 2.45. The first-order chi connectivity index (χ1) is 15.5. The Morgan fingerprint density at radius 2 is 1.72 bits per heavy atom. The fourth-order valence-electron chi connectivity index (χ4n) is 2.80. The lowest BCUT2D eigenvalue weighted by molar-refractivity contribution is 0.299. The normalized spacial score (nSPS) is 10.1. The molecule has 178 valence electrons. The van der Waals surface area contributed by atoms with Crippen molar-refractivity contribution in [3.05, 3.63) is 72.9 Å². The third kappa shape index (κ3) is 17.0. The van der Waals surface area contributed by atoms with E-state index in [9.17, 15) is 0 Å². The van der Waals surface area contributed by atoms with Crippen LogP contribution >= 0.6 is 0 Å². The van der Waals surface area contributed by atoms with Crippen molar-refractivity contribution in [3.63, 3.8) is 0 Å². The van der Waals surface area contributed by atoms with Gasteiger partial charge in [0, 0.05) is 19.3 Å². The number of ether oxygens (including phenoxy) is 1. The fraction of sp³-hybridized carbons (Fsp3) is 0.464. The van der Waals surface area contributed by atoms with Gasteiger partial charge in [-0.2, -0.15) is 0 Å². The van der Waals surface area contributed by atoms with Gasteiger partial charge in [0.05, 0.1) is 0 Å². The Bertz CT molecular complexity index is 708. The monoisotopic (exact) mass is 439 g/mol. The molecule has 1 aromatic carbocycles. The van der Waals surface area contributed by atoms with Gasteiger partial charge in [-0.15, -0.1) is 5.26 Å². The average molecular weight is 440 g/mol. The first-order valence-electron chi connectivity index (χ1n) is 11.7. The highest BCUT2D eigenvalue weighted by molar-refractivity contribution is 5.54. The zero-order valence-electron chi connectivity index (χ0n) is 21.3. The molecule has 4 nitrogen and oxygen atoms in total. The molecule has 1 aromatic rings. The van der Waals surface area contributed by atoms with Gasteiger partial charge in [-0.1, -0.05) is 84.6 Å². The highest BCUT2D eigenvalue weighted by Crippen LogP contribution is 2.21. The van der Waals surface area contributed by atoms with Gasteiger partial charge in [0.25, 0.3) is 6.26 Å². The zero-order chi connectivity index (χ0) is 24.6. The number of aryl methyl sites for hydroxylation is 1. The van der Waals surface area contributed by atoms with Gasteiger partial charge in [0.15, 0.2) is 0 Å². The molecule has 4 heteroatoms. The first kappa shape index (κ1) is 31.4. The van der Waals surface area contributed by atoms with Crippen LogP contribution in [0, 0.1) is 11.5 Å². The standard InChI is InChI=1S/C15H25N.C10H12N2O.C3H8/c1-5-8-9-10-11-15(4)14-16(12-6-2)13-7-3;1-3-8-6-9(13-7-11)4-5-10(8)12-2;1-3-2/h5,8-11H,1,4,6-7,12-14H2,2-3H3;4-6,12H,3H2,1-2H3;3H2,1-2H3/b9-8-,11-10-;;. The molecule has 0 aliphatic carbocycles. The average Bonchev–Trinajstić information content (AvgIpc) is 2.78. The van der Waals surface area contributed by atoms with E-state index in [4.69, 9.17) is 10.00 Å². The van der Waals surface area contributed by atoms with E-state index in [1.165, 1.54) is 19.3 Å². The lowest BCUT2D eigenvalue weighted by atomic mass is 10.1. The lowest BCUT2D eigenvalue weighted by Gasteiger charge is -2.20. The third-order valence-electron chi connectivity index (χ3n) is 4.09. The predicted octanol–water partition coefficient (Wildman–Crippen LogP) is 7.53. The van der Waals surface area contributed by atoms with E-state index in [-0.39, 0.29) is 0 Å². The maximum atomic E-state index is 8.32. The minimum Gasteiger partial charge on any atom is -0.388 e. The summed E-state index contributed by atoms with van der Waals surface area (Å²) < 4.78 is 4.73. The predicted molar refractivity (Wildman–Crippen MR) is 142 cm³/mol. The molecule has 32 heavy (non-hydrogen) atoms. The molecule has 0 atom stereocenters. The van der Waals surface area contributed by atoms with E-state index in [0.717, 1.165) is 42.9 Å². The van der Waals surface area contributed by atoms with Gasteiger partial charge >= 0.3 is 0 Å². The SMILES string of the molecule is C=C/C=C\C=C/C(=C)CN(CCC)CCC.CCC.CCc1cc(OC#N)ccc1NC. The first-order valence-corrected chi connectivity index (χ1v) is 11.7. The van der Waals surface area contributed by atoms with E-state index < -0.39 is 0 Å². The molecule has 0 saturated heterocycles. The van der Waals surface area contributed by atoms with Crippen LogP contribution in [0.15, 0.2) is 67.3 Å². The van der Waals surface area contributed by atoms with Crippen LogP contribution in [0.2, 0.25) is 0 Å². The molecule has 0 amide bonds. The largest absolute Gasteiger partial charge is 0.388 e. The Hall–Kier alpha value is -2.77. The number of allylic oxidation sites excluding steroid dienone is 4. The molecule has 0 bridgehead atoms. The fourth-order valence-corrected chi connectivity index (χ4v) is 2.80. The van der Waals surface area contributed by atoms with Crippen molar-refractivity contribution in [3.8, 4) is 12.0 Å². The van der Waals surface area contributed by atoms with Crippen molar-refractivity contribution in [2.24, 2.45) is 0 Å². The molecule has 0 aliphatic heterocycles. The van der Waals surface area contributed by atoms with Crippen LogP contribution in [-0.4, -0.2) is 31.6 Å². The van der Waals surface area contributed by atoms with Crippen molar-refractivity contribution < 1.29 is 4.74 Å². The summed E-state index contributed by atoms with van der Waals surface area (Å²) in [7, 11) is 1.87. The van der Waals surface area contributed by atoms with Crippen LogP contribution in [0.5, 0.6) is 5.75 Å². The van der Waals surface area contributed by atoms with Gasteiger partial charge in [0.1, 0.15) is 5.75 Å². The maximum Gasteiger partial charge on any atom is 0.292 e. The van der Waals surface area contributed by atoms with E-state index in [2.05, 4.69) is 64.1 Å². The highest BCUT2D eigenvalue weighted by Gasteiger charge is 2.02. The van der Waals surface area contributed by atoms with E-state index >= 15 is 0 Å². The number of benzene rings is 1. The maximum absolute atomic E-state index is 8.32. The summed E-state index contributed by atoms with van der Waals surface area (Å²) in [6.45, 7) is 21.7. The molecular weight excluding hydrogens is 394 g/mol. The van der Waals surface area contributed by atoms with Crippen LogP contribution in [-0.2, 0) is 6.42 Å². The minimum absolute atomic E-state index is 0.596. The second kappa shape index (κ2) is 22.9. The summed E-state index contributed by atoms with van der Waals surface area (Å²) in [6.07, 6.45) is 16.0. The Morgan fingerprint density at radius 1 is 1.09 bits per heavy atom. The third-order valence-corrected chi connectivity index (χ3v) is 4.09. The van der Waals surface area contributed by atoms with Crippen molar-refractivity contribution in [2.45, 2.75) is 60.3 Å². The number of nitriles is 1. The molecule has 0 aliphatic rings. The van der Waals surface area contributed by atoms with Gasteiger partial charge < -0.3 is 10.1 Å². The summed E-state index contributed by atoms with van der Waals surface area (Å²) in [6, 6.07) is 5.55. The second-order valence-corrected chi connectivity index (χ2v) is 7.24. The smallest absolute Gasteiger partial charge is 0.292 e. The molecule has 0 fully saturated rings. The Labute approximate surface area is 198 Å². The second-order valence-electron chi connectivity index (χ2n) is 7.24. The lowest BCUT2D eigenvalue weighted by Crippen LogP contribution is -2.27. The number of hydrogen-bond acceptors (Lipinski definition) is 4. The van der Waals surface area contributed by atoms with E-state index in [1.807, 2.05) is 37.4 Å². The number of nitrogens with one attached hydrogen (secondary N) is 1. The topological polar surface area (TPSA) is 48.3 Å². The number of nitrogens with zero attached hydrogens (tertiary/aromatic N) is 2. The van der Waals surface area contributed by atoms with E-state index in [1.54, 1.807) is 18.4 Å². The van der Waals surface area contributed by atoms with Crippen LogP contribution in [0.1, 0.15) is 59.4 Å². The molecule has 1 rings (SSSR count). The zero-order valence-corrected chi connectivity index (χ0v) is 21.3. The number of rotatable bonds is 12.